The Balaban J connectivity index is 1.49. The second kappa shape index (κ2) is 8.62. The van der Waals surface area contributed by atoms with Crippen LogP contribution < -0.4 is 5.32 Å². The van der Waals surface area contributed by atoms with Crippen molar-refractivity contribution in [3.8, 4) is 0 Å². The van der Waals surface area contributed by atoms with Crippen molar-refractivity contribution >= 4 is 32.4 Å². The molecule has 1 saturated heterocycles. The molecule has 0 spiro atoms. The first-order chi connectivity index (χ1) is 14.4. The van der Waals surface area contributed by atoms with Gasteiger partial charge in [0.25, 0.3) is 5.91 Å². The SMILES string of the molecule is CS(=O)(=O)Cc1c(C(=O)Nc2ccc(CCN3CCCC3)cc2)oc2ccccc12. The predicted octanol–water partition coefficient (Wildman–Crippen LogP) is 3.87. The molecule has 1 amide bonds. The number of para-hydroxylation sites is 1. The number of hydrogen-bond donors (Lipinski definition) is 1. The quantitative estimate of drug-likeness (QED) is 0.620. The van der Waals surface area contributed by atoms with Gasteiger partial charge in [0.15, 0.2) is 15.6 Å². The van der Waals surface area contributed by atoms with Crippen LogP contribution in [0.15, 0.2) is 52.9 Å². The number of anilines is 1. The van der Waals surface area contributed by atoms with Crippen molar-refractivity contribution in [2.24, 2.45) is 0 Å². The summed E-state index contributed by atoms with van der Waals surface area (Å²) in [5.74, 6) is -0.656. The van der Waals surface area contributed by atoms with Crippen LogP contribution in [0.3, 0.4) is 0 Å². The summed E-state index contributed by atoms with van der Waals surface area (Å²) in [5, 5.41) is 3.48. The first kappa shape index (κ1) is 20.6. The molecule has 1 N–H and O–H groups in total. The lowest BCUT2D eigenvalue weighted by molar-refractivity contribution is 0.0998. The summed E-state index contributed by atoms with van der Waals surface area (Å²) in [5.41, 5.74) is 2.77. The molecule has 1 aliphatic rings. The topological polar surface area (TPSA) is 79.6 Å². The zero-order valence-electron chi connectivity index (χ0n) is 17.1. The number of nitrogens with zero attached hydrogens (tertiary/aromatic N) is 1. The lowest BCUT2D eigenvalue weighted by atomic mass is 10.1. The summed E-state index contributed by atoms with van der Waals surface area (Å²) in [7, 11) is -3.33. The maximum absolute atomic E-state index is 12.9. The molecule has 30 heavy (non-hydrogen) atoms. The van der Waals surface area contributed by atoms with Gasteiger partial charge in [0, 0.05) is 29.4 Å². The van der Waals surface area contributed by atoms with Crippen molar-refractivity contribution < 1.29 is 17.6 Å². The number of nitrogens with one attached hydrogen (secondary N) is 1. The lowest BCUT2D eigenvalue weighted by Gasteiger charge is -2.14. The number of furan rings is 1. The van der Waals surface area contributed by atoms with Crippen molar-refractivity contribution in [3.63, 3.8) is 0 Å². The molecule has 6 nitrogen and oxygen atoms in total. The minimum atomic E-state index is -3.33. The number of amides is 1. The molecule has 0 radical (unpaired) electrons. The molecular formula is C23H26N2O4S. The van der Waals surface area contributed by atoms with E-state index in [4.69, 9.17) is 4.42 Å². The molecular weight excluding hydrogens is 400 g/mol. The molecule has 1 fully saturated rings. The Bertz CT molecular complexity index is 1140. The van der Waals surface area contributed by atoms with Gasteiger partial charge in [-0.2, -0.15) is 0 Å². The molecule has 2 aromatic carbocycles. The Morgan fingerprint density at radius 1 is 1.07 bits per heavy atom. The van der Waals surface area contributed by atoms with Crippen molar-refractivity contribution in [2.75, 3.05) is 31.2 Å². The third-order valence-corrected chi connectivity index (χ3v) is 6.25. The zero-order valence-corrected chi connectivity index (χ0v) is 17.9. The fourth-order valence-corrected chi connectivity index (χ4v) is 4.73. The Morgan fingerprint density at radius 2 is 1.77 bits per heavy atom. The molecule has 1 aliphatic heterocycles. The number of sulfone groups is 1. The molecule has 2 heterocycles. The first-order valence-electron chi connectivity index (χ1n) is 10.2. The molecule has 0 aliphatic carbocycles. The number of fused-ring (bicyclic) bond motifs is 1. The van der Waals surface area contributed by atoms with E-state index in [-0.39, 0.29) is 11.5 Å². The van der Waals surface area contributed by atoms with Crippen LogP contribution in [0.5, 0.6) is 0 Å². The minimum Gasteiger partial charge on any atom is -0.451 e. The van der Waals surface area contributed by atoms with Crippen LogP contribution >= 0.6 is 0 Å². The predicted molar refractivity (Wildman–Crippen MR) is 119 cm³/mol. The summed E-state index contributed by atoms with van der Waals surface area (Å²) in [6.45, 7) is 3.42. The van der Waals surface area contributed by atoms with Gasteiger partial charge in [-0.1, -0.05) is 30.3 Å². The summed E-state index contributed by atoms with van der Waals surface area (Å²) in [4.78, 5) is 15.3. The van der Waals surface area contributed by atoms with Crippen LogP contribution in [0.4, 0.5) is 5.69 Å². The highest BCUT2D eigenvalue weighted by atomic mass is 32.2. The third kappa shape index (κ3) is 4.91. The normalized spacial score (nSPS) is 15.0. The molecule has 0 saturated carbocycles. The Labute approximate surface area is 176 Å². The van der Waals surface area contributed by atoms with Crippen LogP contribution in [-0.2, 0) is 22.0 Å². The van der Waals surface area contributed by atoms with E-state index in [0.29, 0.717) is 22.2 Å². The molecule has 0 unspecified atom stereocenters. The molecule has 4 rings (SSSR count). The smallest absolute Gasteiger partial charge is 0.291 e. The fourth-order valence-electron chi connectivity index (χ4n) is 3.92. The van der Waals surface area contributed by atoms with E-state index in [2.05, 4.69) is 10.2 Å². The van der Waals surface area contributed by atoms with Crippen LogP contribution in [-0.4, -0.2) is 45.1 Å². The Morgan fingerprint density at radius 3 is 2.47 bits per heavy atom. The first-order valence-corrected chi connectivity index (χ1v) is 12.3. The fraction of sp³-hybridized carbons (Fsp3) is 0.348. The number of benzene rings is 2. The van der Waals surface area contributed by atoms with Crippen LogP contribution in [0.25, 0.3) is 11.0 Å². The van der Waals surface area contributed by atoms with Crippen molar-refractivity contribution in [1.82, 2.24) is 4.90 Å². The summed E-state index contributed by atoms with van der Waals surface area (Å²) < 4.78 is 29.5. The van der Waals surface area contributed by atoms with Crippen LogP contribution in [0, 0.1) is 0 Å². The molecule has 1 aromatic heterocycles. The van der Waals surface area contributed by atoms with E-state index >= 15 is 0 Å². The minimum absolute atomic E-state index is 0.0414. The largest absolute Gasteiger partial charge is 0.451 e. The number of carbonyl (C=O) groups is 1. The highest BCUT2D eigenvalue weighted by Gasteiger charge is 2.23. The van der Waals surface area contributed by atoms with Gasteiger partial charge >= 0.3 is 0 Å². The van der Waals surface area contributed by atoms with Crippen LogP contribution in [0.1, 0.15) is 34.5 Å². The number of likely N-dealkylation sites (tertiary alicyclic amines) is 1. The Hall–Kier alpha value is -2.64. The van der Waals surface area contributed by atoms with E-state index in [1.54, 1.807) is 24.3 Å². The molecule has 158 valence electrons. The molecule has 0 atom stereocenters. The maximum Gasteiger partial charge on any atom is 0.291 e. The van der Waals surface area contributed by atoms with Gasteiger partial charge in [0.05, 0.1) is 5.75 Å². The molecule has 3 aromatic rings. The summed E-state index contributed by atoms with van der Waals surface area (Å²) >= 11 is 0. The molecule has 7 heteroatoms. The summed E-state index contributed by atoms with van der Waals surface area (Å²) in [6, 6.07) is 14.9. The van der Waals surface area contributed by atoms with Gasteiger partial charge in [0.2, 0.25) is 0 Å². The maximum atomic E-state index is 12.9. The van der Waals surface area contributed by atoms with E-state index in [1.165, 1.54) is 31.5 Å². The van der Waals surface area contributed by atoms with Crippen LogP contribution in [0.2, 0.25) is 0 Å². The van der Waals surface area contributed by atoms with E-state index in [9.17, 15) is 13.2 Å². The Kier molecular flexibility index (Phi) is 5.92. The van der Waals surface area contributed by atoms with Gasteiger partial charge in [0.1, 0.15) is 5.58 Å². The zero-order chi connectivity index (χ0) is 21.1. The third-order valence-electron chi connectivity index (χ3n) is 5.44. The highest BCUT2D eigenvalue weighted by molar-refractivity contribution is 7.89. The van der Waals surface area contributed by atoms with Gasteiger partial charge in [-0.25, -0.2) is 8.42 Å². The van der Waals surface area contributed by atoms with Gasteiger partial charge < -0.3 is 14.6 Å². The monoisotopic (exact) mass is 426 g/mol. The van der Waals surface area contributed by atoms with E-state index in [1.807, 2.05) is 24.3 Å². The van der Waals surface area contributed by atoms with Crippen molar-refractivity contribution in [2.45, 2.75) is 25.0 Å². The number of rotatable bonds is 7. The number of carbonyl (C=O) groups excluding carboxylic acids is 1. The van der Waals surface area contributed by atoms with Gasteiger partial charge in [-0.3, -0.25) is 4.79 Å². The van der Waals surface area contributed by atoms with Gasteiger partial charge in [-0.05, 0) is 56.1 Å². The van der Waals surface area contributed by atoms with Crippen molar-refractivity contribution in [3.05, 3.63) is 65.4 Å². The van der Waals surface area contributed by atoms with Crippen molar-refractivity contribution in [1.29, 1.82) is 0 Å². The summed E-state index contributed by atoms with van der Waals surface area (Å²) in [6.07, 6.45) is 4.70. The van der Waals surface area contributed by atoms with Gasteiger partial charge in [-0.15, -0.1) is 0 Å². The lowest BCUT2D eigenvalue weighted by Crippen LogP contribution is -2.21. The van der Waals surface area contributed by atoms with E-state index < -0.39 is 15.7 Å². The second-order valence-electron chi connectivity index (χ2n) is 7.93. The second-order valence-corrected chi connectivity index (χ2v) is 10.1. The average molecular weight is 427 g/mol. The molecule has 0 bridgehead atoms. The average Bonchev–Trinajstić information content (AvgIpc) is 3.35. The standard InChI is InChI=1S/C23H26N2O4S/c1-30(27,28)16-20-19-6-2-3-7-21(19)29-22(20)23(26)24-18-10-8-17(9-11-18)12-15-25-13-4-5-14-25/h2-3,6-11H,4-5,12-16H2,1H3,(H,24,26). The number of hydrogen-bond acceptors (Lipinski definition) is 5. The van der Waals surface area contributed by atoms with E-state index in [0.717, 1.165) is 19.2 Å². The highest BCUT2D eigenvalue weighted by Crippen LogP contribution is 2.28.